The molecule has 70 valence electrons. The number of hydrogen-bond acceptors (Lipinski definition) is 2. The molecule has 0 saturated heterocycles. The minimum absolute atomic E-state index is 0.102. The molecular weight excluding hydrogens is 241 g/mol. The average molecular weight is 248 g/mol. The molecule has 0 fully saturated rings. The van der Waals surface area contributed by atoms with E-state index in [4.69, 9.17) is 0 Å². The third-order valence-electron chi connectivity index (χ3n) is 1.74. The van der Waals surface area contributed by atoms with Crippen molar-refractivity contribution in [3.05, 3.63) is 39.2 Å². The molecule has 0 saturated carbocycles. The summed E-state index contributed by atoms with van der Waals surface area (Å²) >= 11 is 3.02. The van der Waals surface area contributed by atoms with Crippen LogP contribution in [-0.4, -0.2) is 4.92 Å². The minimum atomic E-state index is -0.584. The van der Waals surface area contributed by atoms with Crippen molar-refractivity contribution < 1.29 is 9.31 Å². The van der Waals surface area contributed by atoms with Gasteiger partial charge in [-0.25, -0.2) is 4.39 Å². The number of hydrogen-bond donors (Lipinski definition) is 0. The van der Waals surface area contributed by atoms with Gasteiger partial charge in [0.05, 0.1) is 10.5 Å². The summed E-state index contributed by atoms with van der Waals surface area (Å²) in [6, 6.07) is 2.72. The molecule has 0 amide bonds. The summed E-state index contributed by atoms with van der Waals surface area (Å²) in [4.78, 5) is 9.88. The van der Waals surface area contributed by atoms with E-state index >= 15 is 0 Å². The predicted octanol–water partition coefficient (Wildman–Crippen LogP) is 2.94. The smallest absolute Gasteiger partial charge is 0.258 e. The Morgan fingerprint density at radius 3 is 2.69 bits per heavy atom. The minimum Gasteiger partial charge on any atom is -0.258 e. The zero-order chi connectivity index (χ0) is 10.0. The molecule has 0 N–H and O–H groups in total. The molecule has 0 heterocycles. The van der Waals surface area contributed by atoms with Crippen molar-refractivity contribution in [1.82, 2.24) is 0 Å². The van der Waals surface area contributed by atoms with Gasteiger partial charge in [-0.15, -0.1) is 0 Å². The first-order valence-electron chi connectivity index (χ1n) is 3.56. The van der Waals surface area contributed by atoms with Crippen LogP contribution in [0.3, 0.4) is 0 Å². The van der Waals surface area contributed by atoms with Crippen molar-refractivity contribution in [2.75, 3.05) is 0 Å². The van der Waals surface area contributed by atoms with E-state index in [1.807, 2.05) is 0 Å². The molecule has 5 heteroatoms. The van der Waals surface area contributed by atoms with Gasteiger partial charge in [0.1, 0.15) is 5.82 Å². The summed E-state index contributed by atoms with van der Waals surface area (Å²) in [5.41, 5.74) is 0.338. The van der Waals surface area contributed by atoms with E-state index < -0.39 is 10.7 Å². The molecule has 0 unspecified atom stereocenters. The first-order chi connectivity index (χ1) is 6.07. The van der Waals surface area contributed by atoms with Crippen LogP contribution in [-0.2, 0) is 5.33 Å². The van der Waals surface area contributed by atoms with Gasteiger partial charge in [-0.1, -0.05) is 15.9 Å². The predicted molar refractivity (Wildman–Crippen MR) is 50.4 cm³/mol. The van der Waals surface area contributed by atoms with Crippen molar-refractivity contribution >= 4 is 21.6 Å². The second kappa shape index (κ2) is 3.83. The van der Waals surface area contributed by atoms with Gasteiger partial charge < -0.3 is 0 Å². The fourth-order valence-corrected chi connectivity index (χ4v) is 1.56. The summed E-state index contributed by atoms with van der Waals surface area (Å²) in [6.45, 7) is 1.57. The summed E-state index contributed by atoms with van der Waals surface area (Å²) in [5.74, 6) is -0.508. The number of nitro groups is 1. The molecular formula is C8H7BrFNO2. The number of nitrogens with zero attached hydrogens (tertiary/aromatic N) is 1. The van der Waals surface area contributed by atoms with E-state index in [0.717, 1.165) is 0 Å². The van der Waals surface area contributed by atoms with Crippen LogP contribution in [0.15, 0.2) is 12.1 Å². The molecule has 0 aliphatic carbocycles. The fourth-order valence-electron chi connectivity index (χ4n) is 1.03. The molecule has 1 aromatic rings. The summed E-state index contributed by atoms with van der Waals surface area (Å²) in [5, 5.41) is 10.6. The van der Waals surface area contributed by atoms with E-state index in [0.29, 0.717) is 5.56 Å². The van der Waals surface area contributed by atoms with E-state index in [2.05, 4.69) is 15.9 Å². The van der Waals surface area contributed by atoms with Crippen molar-refractivity contribution in [2.24, 2.45) is 0 Å². The number of alkyl halides is 1. The quantitative estimate of drug-likeness (QED) is 0.458. The Morgan fingerprint density at radius 1 is 1.62 bits per heavy atom. The van der Waals surface area contributed by atoms with Gasteiger partial charge in [0.25, 0.3) is 5.69 Å². The normalized spacial score (nSPS) is 10.1. The maximum atomic E-state index is 13.3. The highest BCUT2D eigenvalue weighted by Gasteiger charge is 2.17. The Kier molecular flexibility index (Phi) is 2.98. The standard InChI is InChI=1S/C8H7BrFNO2/c1-5-2-3-7(11(12)13)6(4-9)8(5)10/h2-3H,4H2,1H3. The van der Waals surface area contributed by atoms with Gasteiger partial charge in [-0.2, -0.15) is 0 Å². The number of benzene rings is 1. The molecule has 0 radical (unpaired) electrons. The highest BCUT2D eigenvalue weighted by Crippen LogP contribution is 2.25. The van der Waals surface area contributed by atoms with Crippen LogP contribution in [0, 0.1) is 22.9 Å². The molecule has 1 rings (SSSR count). The van der Waals surface area contributed by atoms with E-state index in [1.165, 1.54) is 12.1 Å². The Morgan fingerprint density at radius 2 is 2.23 bits per heavy atom. The number of rotatable bonds is 2. The lowest BCUT2D eigenvalue weighted by Gasteiger charge is -2.02. The monoisotopic (exact) mass is 247 g/mol. The highest BCUT2D eigenvalue weighted by atomic mass is 79.9. The Bertz CT molecular complexity index is 354. The van der Waals surface area contributed by atoms with Crippen LogP contribution in [0.5, 0.6) is 0 Å². The molecule has 1 aromatic carbocycles. The van der Waals surface area contributed by atoms with Gasteiger partial charge in [0.15, 0.2) is 0 Å². The van der Waals surface area contributed by atoms with Crippen molar-refractivity contribution in [3.63, 3.8) is 0 Å². The Labute approximate surface area is 82.8 Å². The molecule has 0 aliphatic heterocycles. The fraction of sp³-hybridized carbons (Fsp3) is 0.250. The molecule has 0 aromatic heterocycles. The largest absolute Gasteiger partial charge is 0.276 e. The van der Waals surface area contributed by atoms with E-state index in [-0.39, 0.29) is 16.6 Å². The number of halogens is 2. The third kappa shape index (κ3) is 1.85. The molecule has 3 nitrogen and oxygen atoms in total. The zero-order valence-electron chi connectivity index (χ0n) is 6.88. The Balaban J connectivity index is 3.38. The summed E-state index contributed by atoms with van der Waals surface area (Å²) in [6.07, 6.45) is 0. The SMILES string of the molecule is Cc1ccc([N+](=O)[O-])c(CBr)c1F. The van der Waals surface area contributed by atoms with Crippen LogP contribution >= 0.6 is 15.9 Å². The van der Waals surface area contributed by atoms with Crippen LogP contribution in [0.4, 0.5) is 10.1 Å². The first kappa shape index (κ1) is 10.1. The maximum Gasteiger partial charge on any atom is 0.276 e. The summed E-state index contributed by atoms with van der Waals surface area (Å²) in [7, 11) is 0. The van der Waals surface area contributed by atoms with Gasteiger partial charge in [-0.05, 0) is 18.6 Å². The third-order valence-corrected chi connectivity index (χ3v) is 2.30. The molecule has 0 bridgehead atoms. The van der Waals surface area contributed by atoms with E-state index in [9.17, 15) is 14.5 Å². The van der Waals surface area contributed by atoms with Gasteiger partial charge in [-0.3, -0.25) is 10.1 Å². The number of nitro benzene ring substituents is 1. The summed E-state index contributed by atoms with van der Waals surface area (Å²) < 4.78 is 13.3. The van der Waals surface area contributed by atoms with Crippen molar-refractivity contribution in [1.29, 1.82) is 0 Å². The van der Waals surface area contributed by atoms with Gasteiger partial charge in [0.2, 0.25) is 0 Å². The second-order valence-corrected chi connectivity index (χ2v) is 3.15. The first-order valence-corrected chi connectivity index (χ1v) is 4.68. The lowest BCUT2D eigenvalue weighted by atomic mass is 10.1. The lowest BCUT2D eigenvalue weighted by Crippen LogP contribution is -1.98. The van der Waals surface area contributed by atoms with Crippen LogP contribution in [0.1, 0.15) is 11.1 Å². The second-order valence-electron chi connectivity index (χ2n) is 2.58. The van der Waals surface area contributed by atoms with E-state index in [1.54, 1.807) is 6.92 Å². The topological polar surface area (TPSA) is 43.1 Å². The van der Waals surface area contributed by atoms with Crippen molar-refractivity contribution in [2.45, 2.75) is 12.3 Å². The molecule has 13 heavy (non-hydrogen) atoms. The Hall–Kier alpha value is -0.970. The van der Waals surface area contributed by atoms with Gasteiger partial charge >= 0.3 is 0 Å². The molecule has 0 aliphatic rings. The number of aryl methyl sites for hydroxylation is 1. The molecule has 0 spiro atoms. The van der Waals surface area contributed by atoms with Crippen LogP contribution < -0.4 is 0 Å². The van der Waals surface area contributed by atoms with Gasteiger partial charge in [0, 0.05) is 11.4 Å². The average Bonchev–Trinajstić information content (AvgIpc) is 2.09. The zero-order valence-corrected chi connectivity index (χ0v) is 8.47. The molecule has 0 atom stereocenters. The highest BCUT2D eigenvalue weighted by molar-refractivity contribution is 9.08. The maximum absolute atomic E-state index is 13.3. The van der Waals surface area contributed by atoms with Crippen molar-refractivity contribution in [3.8, 4) is 0 Å². The lowest BCUT2D eigenvalue weighted by molar-refractivity contribution is -0.385. The van der Waals surface area contributed by atoms with Crippen LogP contribution in [0.25, 0.3) is 0 Å². The van der Waals surface area contributed by atoms with Crippen LogP contribution in [0.2, 0.25) is 0 Å².